The molecular formula is C27H32N2. The number of allylic oxidation sites excluding steroid dienone is 1. The van der Waals surface area contributed by atoms with E-state index in [4.69, 9.17) is 0 Å². The van der Waals surface area contributed by atoms with Crippen molar-refractivity contribution in [1.29, 1.82) is 0 Å². The molecule has 2 nitrogen and oxygen atoms in total. The molecular weight excluding hydrogens is 352 g/mol. The van der Waals surface area contributed by atoms with E-state index >= 15 is 0 Å². The maximum absolute atomic E-state index is 4.55. The second kappa shape index (κ2) is 7.33. The van der Waals surface area contributed by atoms with Crippen LogP contribution in [0.15, 0.2) is 72.4 Å². The van der Waals surface area contributed by atoms with E-state index in [1.165, 1.54) is 23.1 Å². The highest BCUT2D eigenvalue weighted by Gasteiger charge is 2.37. The Bertz CT molecular complexity index is 1000. The van der Waals surface area contributed by atoms with E-state index < -0.39 is 0 Å². The third kappa shape index (κ3) is 4.37. The minimum Gasteiger partial charge on any atom is -0.275 e. The molecule has 29 heavy (non-hydrogen) atoms. The number of aryl methyl sites for hydroxylation is 1. The summed E-state index contributed by atoms with van der Waals surface area (Å²) in [6.07, 6.45) is 5.57. The first-order chi connectivity index (χ1) is 13.7. The Hall–Kier alpha value is -2.61. The van der Waals surface area contributed by atoms with E-state index in [0.717, 1.165) is 24.1 Å². The van der Waals surface area contributed by atoms with Crippen LogP contribution in [0.4, 0.5) is 0 Å². The summed E-state index contributed by atoms with van der Waals surface area (Å²) in [6.45, 7) is 9.67. The molecule has 1 fully saturated rings. The van der Waals surface area contributed by atoms with Crippen molar-refractivity contribution in [2.75, 3.05) is 0 Å². The normalized spacial score (nSPS) is 17.9. The van der Waals surface area contributed by atoms with Gasteiger partial charge in [-0.1, -0.05) is 87.9 Å². The second-order valence-corrected chi connectivity index (χ2v) is 10.2. The third-order valence-electron chi connectivity index (χ3n) is 5.94. The molecule has 1 aliphatic rings. The highest BCUT2D eigenvalue weighted by atomic mass is 15.2. The fraction of sp³-hybridized carbons (Fsp3) is 0.370. The zero-order valence-electron chi connectivity index (χ0n) is 18.4. The SMILES string of the molecule is Cn1ccc(-c2ccc(C(=C3CC(C)(C)CC(C)(C)C3)c3ccccc3)cc2)n1. The van der Waals surface area contributed by atoms with Crippen LogP contribution < -0.4 is 0 Å². The highest BCUT2D eigenvalue weighted by Crippen LogP contribution is 2.50. The van der Waals surface area contributed by atoms with Crippen LogP contribution in [0.2, 0.25) is 0 Å². The van der Waals surface area contributed by atoms with E-state index in [1.54, 1.807) is 5.57 Å². The van der Waals surface area contributed by atoms with Crippen LogP contribution in [0.25, 0.3) is 16.8 Å². The summed E-state index contributed by atoms with van der Waals surface area (Å²) in [6, 6.07) is 21.9. The summed E-state index contributed by atoms with van der Waals surface area (Å²) >= 11 is 0. The molecule has 0 unspecified atom stereocenters. The quantitative estimate of drug-likeness (QED) is 0.470. The van der Waals surface area contributed by atoms with Gasteiger partial charge in [-0.2, -0.15) is 5.10 Å². The molecule has 0 radical (unpaired) electrons. The van der Waals surface area contributed by atoms with Crippen LogP contribution in [-0.2, 0) is 7.05 Å². The molecule has 0 bridgehead atoms. The molecule has 1 saturated carbocycles. The van der Waals surface area contributed by atoms with Crippen molar-refractivity contribution in [2.45, 2.75) is 47.0 Å². The van der Waals surface area contributed by atoms with Crippen molar-refractivity contribution in [3.8, 4) is 11.3 Å². The molecule has 2 aromatic carbocycles. The second-order valence-electron chi connectivity index (χ2n) is 10.2. The summed E-state index contributed by atoms with van der Waals surface area (Å²) in [5.74, 6) is 0. The van der Waals surface area contributed by atoms with Gasteiger partial charge in [0.15, 0.2) is 0 Å². The molecule has 0 spiro atoms. The van der Waals surface area contributed by atoms with Crippen LogP contribution >= 0.6 is 0 Å². The fourth-order valence-corrected chi connectivity index (χ4v) is 5.37. The van der Waals surface area contributed by atoms with Crippen molar-refractivity contribution in [1.82, 2.24) is 9.78 Å². The summed E-state index contributed by atoms with van der Waals surface area (Å²) in [7, 11) is 1.96. The van der Waals surface area contributed by atoms with Crippen molar-refractivity contribution >= 4 is 5.57 Å². The molecule has 1 heterocycles. The molecule has 0 N–H and O–H groups in total. The first-order valence-electron chi connectivity index (χ1n) is 10.6. The maximum Gasteiger partial charge on any atom is 0.0923 e. The topological polar surface area (TPSA) is 17.8 Å². The summed E-state index contributed by atoms with van der Waals surface area (Å²) in [4.78, 5) is 0. The molecule has 0 aliphatic heterocycles. The highest BCUT2D eigenvalue weighted by molar-refractivity contribution is 5.83. The number of nitrogens with zero attached hydrogens (tertiary/aromatic N) is 2. The lowest BCUT2D eigenvalue weighted by atomic mass is 9.62. The third-order valence-corrected chi connectivity index (χ3v) is 5.94. The number of hydrogen-bond acceptors (Lipinski definition) is 1. The van der Waals surface area contributed by atoms with Crippen LogP contribution in [0.5, 0.6) is 0 Å². The summed E-state index contributed by atoms with van der Waals surface area (Å²) < 4.78 is 1.85. The van der Waals surface area contributed by atoms with E-state index in [2.05, 4.69) is 93.5 Å². The molecule has 1 aliphatic carbocycles. The number of aromatic nitrogens is 2. The Morgan fingerprint density at radius 1 is 0.793 bits per heavy atom. The molecule has 150 valence electrons. The predicted molar refractivity (Wildman–Crippen MR) is 123 cm³/mol. The largest absolute Gasteiger partial charge is 0.275 e. The lowest BCUT2D eigenvalue weighted by Crippen LogP contribution is -2.30. The first-order valence-corrected chi connectivity index (χ1v) is 10.6. The molecule has 4 rings (SSSR count). The van der Waals surface area contributed by atoms with Crippen LogP contribution in [0.1, 0.15) is 58.1 Å². The number of rotatable bonds is 3. The number of benzene rings is 2. The Balaban J connectivity index is 1.82. The van der Waals surface area contributed by atoms with Gasteiger partial charge in [-0.05, 0) is 52.9 Å². The Kier molecular flexibility index (Phi) is 4.98. The van der Waals surface area contributed by atoms with Crippen molar-refractivity contribution in [3.63, 3.8) is 0 Å². The summed E-state index contributed by atoms with van der Waals surface area (Å²) in [5.41, 5.74) is 8.46. The average molecular weight is 385 g/mol. The van der Waals surface area contributed by atoms with Crippen LogP contribution in [0, 0.1) is 10.8 Å². The monoisotopic (exact) mass is 384 g/mol. The zero-order chi connectivity index (χ0) is 20.6. The lowest BCUT2D eigenvalue weighted by molar-refractivity contribution is 0.154. The molecule has 0 atom stereocenters. The fourth-order valence-electron chi connectivity index (χ4n) is 5.37. The van der Waals surface area contributed by atoms with E-state index in [1.807, 2.05) is 17.9 Å². The maximum atomic E-state index is 4.55. The predicted octanol–water partition coefficient (Wildman–Crippen LogP) is 7.13. The Labute approximate surface area is 175 Å². The molecule has 1 aromatic heterocycles. The summed E-state index contributed by atoms with van der Waals surface area (Å²) in [5, 5.41) is 4.55. The number of hydrogen-bond donors (Lipinski definition) is 0. The van der Waals surface area contributed by atoms with Gasteiger partial charge >= 0.3 is 0 Å². The van der Waals surface area contributed by atoms with Gasteiger partial charge < -0.3 is 0 Å². The van der Waals surface area contributed by atoms with E-state index in [9.17, 15) is 0 Å². The van der Waals surface area contributed by atoms with Gasteiger partial charge in [-0.25, -0.2) is 0 Å². The Morgan fingerprint density at radius 3 is 1.93 bits per heavy atom. The van der Waals surface area contributed by atoms with Gasteiger partial charge in [-0.15, -0.1) is 0 Å². The Morgan fingerprint density at radius 2 is 1.38 bits per heavy atom. The van der Waals surface area contributed by atoms with Crippen molar-refractivity contribution < 1.29 is 0 Å². The first kappa shape index (κ1) is 19.7. The van der Waals surface area contributed by atoms with Gasteiger partial charge in [0.1, 0.15) is 0 Å². The average Bonchev–Trinajstić information content (AvgIpc) is 3.07. The molecule has 0 saturated heterocycles. The standard InChI is InChI=1S/C27H32N2/c1-26(2)17-23(18-27(3,4)19-26)25(21-9-7-6-8-10-21)22-13-11-20(12-14-22)24-15-16-29(5)28-24/h6-16H,17-19H2,1-5H3. The molecule has 3 aromatic rings. The molecule has 0 amide bonds. The van der Waals surface area contributed by atoms with Gasteiger partial charge in [0.05, 0.1) is 5.69 Å². The van der Waals surface area contributed by atoms with Crippen LogP contribution in [-0.4, -0.2) is 9.78 Å². The van der Waals surface area contributed by atoms with Crippen LogP contribution in [0.3, 0.4) is 0 Å². The minimum atomic E-state index is 0.324. The van der Waals surface area contributed by atoms with Crippen molar-refractivity contribution in [2.24, 2.45) is 17.9 Å². The van der Waals surface area contributed by atoms with Gasteiger partial charge in [0.2, 0.25) is 0 Å². The minimum absolute atomic E-state index is 0.324. The van der Waals surface area contributed by atoms with E-state index in [-0.39, 0.29) is 0 Å². The molecule has 2 heteroatoms. The smallest absolute Gasteiger partial charge is 0.0923 e. The zero-order valence-corrected chi connectivity index (χ0v) is 18.4. The lowest BCUT2D eigenvalue weighted by Gasteiger charge is -2.43. The van der Waals surface area contributed by atoms with Gasteiger partial charge in [0.25, 0.3) is 0 Å². The van der Waals surface area contributed by atoms with E-state index in [0.29, 0.717) is 10.8 Å². The van der Waals surface area contributed by atoms with Gasteiger partial charge in [0, 0.05) is 18.8 Å². The van der Waals surface area contributed by atoms with Crippen molar-refractivity contribution in [3.05, 3.63) is 83.6 Å². The van der Waals surface area contributed by atoms with Gasteiger partial charge in [-0.3, -0.25) is 4.68 Å².